The first-order valence-electron chi connectivity index (χ1n) is 8.02. The third-order valence-electron chi connectivity index (χ3n) is 4.23. The number of hydrogen-bond donors (Lipinski definition) is 1. The number of methoxy groups -OCH3 is 1. The van der Waals surface area contributed by atoms with Crippen LogP contribution in [0.1, 0.15) is 12.0 Å². The number of carbonyl (C=O) groups excluding carboxylic acids is 2. The third kappa shape index (κ3) is 4.15. The maximum absolute atomic E-state index is 13.0. The van der Waals surface area contributed by atoms with Gasteiger partial charge < -0.3 is 15.0 Å². The van der Waals surface area contributed by atoms with Crippen molar-refractivity contribution < 1.29 is 18.7 Å². The van der Waals surface area contributed by atoms with E-state index in [4.69, 9.17) is 4.74 Å². The highest BCUT2D eigenvalue weighted by Crippen LogP contribution is 2.23. The van der Waals surface area contributed by atoms with Crippen molar-refractivity contribution in [2.45, 2.75) is 13.0 Å². The quantitative estimate of drug-likeness (QED) is 0.909. The molecule has 130 valence electrons. The molecule has 2 amide bonds. The Hall–Kier alpha value is -2.89. The molecule has 5 nitrogen and oxygen atoms in total. The standard InChI is InChI=1S/C19H19FN2O3/c1-25-17-8-6-16(7-9-17)21-19(24)14-10-18(23)22(12-14)11-13-2-4-15(20)5-3-13/h2-9,14H,10-12H2,1H3,(H,21,24)/t14-/m1/s1. The smallest absolute Gasteiger partial charge is 0.229 e. The average Bonchev–Trinajstić information content (AvgIpc) is 2.98. The lowest BCUT2D eigenvalue weighted by Crippen LogP contribution is -2.28. The van der Waals surface area contributed by atoms with E-state index in [9.17, 15) is 14.0 Å². The van der Waals surface area contributed by atoms with Gasteiger partial charge in [-0.05, 0) is 42.0 Å². The summed E-state index contributed by atoms with van der Waals surface area (Å²) in [5, 5.41) is 2.82. The number of ether oxygens (including phenoxy) is 1. The largest absolute Gasteiger partial charge is 0.497 e. The monoisotopic (exact) mass is 342 g/mol. The molecule has 2 aromatic rings. The van der Waals surface area contributed by atoms with Crippen molar-refractivity contribution in [2.75, 3.05) is 19.0 Å². The number of halogens is 1. The first-order chi connectivity index (χ1) is 12.0. The number of rotatable bonds is 5. The third-order valence-corrected chi connectivity index (χ3v) is 4.23. The molecule has 0 unspecified atom stereocenters. The van der Waals surface area contributed by atoms with Crippen molar-refractivity contribution >= 4 is 17.5 Å². The second-order valence-corrected chi connectivity index (χ2v) is 6.02. The van der Waals surface area contributed by atoms with Gasteiger partial charge in [0.05, 0.1) is 13.0 Å². The van der Waals surface area contributed by atoms with Gasteiger partial charge in [0, 0.05) is 25.2 Å². The molecule has 0 radical (unpaired) electrons. The summed E-state index contributed by atoms with van der Waals surface area (Å²) >= 11 is 0. The highest BCUT2D eigenvalue weighted by Gasteiger charge is 2.34. The van der Waals surface area contributed by atoms with Gasteiger partial charge in [-0.1, -0.05) is 12.1 Å². The van der Waals surface area contributed by atoms with Gasteiger partial charge in [-0.25, -0.2) is 4.39 Å². The van der Waals surface area contributed by atoms with Gasteiger partial charge in [-0.15, -0.1) is 0 Å². The number of anilines is 1. The number of nitrogens with one attached hydrogen (secondary N) is 1. The normalized spacial score (nSPS) is 16.8. The average molecular weight is 342 g/mol. The molecule has 0 bridgehead atoms. The van der Waals surface area contributed by atoms with Crippen LogP contribution in [0.4, 0.5) is 10.1 Å². The van der Waals surface area contributed by atoms with Gasteiger partial charge in [0.2, 0.25) is 11.8 Å². The second kappa shape index (κ2) is 7.34. The molecule has 2 aromatic carbocycles. The van der Waals surface area contributed by atoms with E-state index in [1.165, 1.54) is 12.1 Å². The molecule has 0 aromatic heterocycles. The van der Waals surface area contributed by atoms with Crippen molar-refractivity contribution in [3.05, 3.63) is 59.9 Å². The van der Waals surface area contributed by atoms with Crippen LogP contribution in [0, 0.1) is 11.7 Å². The van der Waals surface area contributed by atoms with E-state index < -0.39 is 5.92 Å². The number of carbonyl (C=O) groups is 2. The van der Waals surface area contributed by atoms with Gasteiger partial charge in [-0.3, -0.25) is 9.59 Å². The predicted octanol–water partition coefficient (Wildman–Crippen LogP) is 2.82. The Morgan fingerprint density at radius 1 is 1.20 bits per heavy atom. The molecule has 0 spiro atoms. The van der Waals surface area contributed by atoms with Crippen molar-refractivity contribution in [3.8, 4) is 5.75 Å². The minimum Gasteiger partial charge on any atom is -0.497 e. The van der Waals surface area contributed by atoms with E-state index in [0.29, 0.717) is 24.5 Å². The van der Waals surface area contributed by atoms with E-state index >= 15 is 0 Å². The van der Waals surface area contributed by atoms with E-state index in [1.54, 1.807) is 48.4 Å². The molecule has 1 heterocycles. The summed E-state index contributed by atoms with van der Waals surface area (Å²) in [5.74, 6) is -0.248. The zero-order valence-electron chi connectivity index (χ0n) is 13.9. The fraction of sp³-hybridized carbons (Fsp3) is 0.263. The van der Waals surface area contributed by atoms with Crippen molar-refractivity contribution in [2.24, 2.45) is 5.92 Å². The Bertz CT molecular complexity index is 759. The summed E-state index contributed by atoms with van der Waals surface area (Å²) in [6.07, 6.45) is 0.184. The van der Waals surface area contributed by atoms with Crippen LogP contribution in [0.25, 0.3) is 0 Å². The number of likely N-dealkylation sites (tertiary alicyclic amines) is 1. The Balaban J connectivity index is 1.59. The van der Waals surface area contributed by atoms with E-state index in [2.05, 4.69) is 5.32 Å². The van der Waals surface area contributed by atoms with E-state index in [1.807, 2.05) is 0 Å². The Morgan fingerprint density at radius 2 is 1.88 bits per heavy atom. The summed E-state index contributed by atoms with van der Waals surface area (Å²) < 4.78 is 18.0. The molecule has 25 heavy (non-hydrogen) atoms. The molecule has 1 fully saturated rings. The molecule has 3 rings (SSSR count). The molecule has 1 N–H and O–H groups in total. The molecular weight excluding hydrogens is 323 g/mol. The molecule has 6 heteroatoms. The van der Waals surface area contributed by atoms with Crippen LogP contribution in [0.2, 0.25) is 0 Å². The minimum absolute atomic E-state index is 0.0702. The number of hydrogen-bond acceptors (Lipinski definition) is 3. The van der Waals surface area contributed by atoms with Gasteiger partial charge >= 0.3 is 0 Å². The van der Waals surface area contributed by atoms with Crippen LogP contribution in [0.5, 0.6) is 5.75 Å². The molecular formula is C19H19FN2O3. The fourth-order valence-corrected chi connectivity index (χ4v) is 2.83. The zero-order chi connectivity index (χ0) is 17.8. The van der Waals surface area contributed by atoms with Gasteiger partial charge in [-0.2, -0.15) is 0 Å². The minimum atomic E-state index is -0.393. The van der Waals surface area contributed by atoms with Crippen LogP contribution in [-0.2, 0) is 16.1 Å². The van der Waals surface area contributed by atoms with E-state index in [0.717, 1.165) is 5.56 Å². The zero-order valence-corrected chi connectivity index (χ0v) is 13.9. The topological polar surface area (TPSA) is 58.6 Å². The number of benzene rings is 2. The maximum atomic E-state index is 13.0. The molecule has 0 aliphatic carbocycles. The summed E-state index contributed by atoms with van der Waals surface area (Å²) in [5.41, 5.74) is 1.50. The van der Waals surface area contributed by atoms with Crippen molar-refractivity contribution in [1.82, 2.24) is 4.90 Å². The van der Waals surface area contributed by atoms with Crippen LogP contribution >= 0.6 is 0 Å². The Labute approximate surface area is 145 Å². The number of amides is 2. The first kappa shape index (κ1) is 17.0. The number of nitrogens with zero attached hydrogens (tertiary/aromatic N) is 1. The van der Waals surface area contributed by atoms with Crippen LogP contribution < -0.4 is 10.1 Å². The van der Waals surface area contributed by atoms with Gasteiger partial charge in [0.15, 0.2) is 0 Å². The lowest BCUT2D eigenvalue weighted by molar-refractivity contribution is -0.128. The highest BCUT2D eigenvalue weighted by atomic mass is 19.1. The Morgan fingerprint density at radius 3 is 2.52 bits per heavy atom. The summed E-state index contributed by atoms with van der Waals surface area (Å²) in [6.45, 7) is 0.740. The summed E-state index contributed by atoms with van der Waals surface area (Å²) in [4.78, 5) is 26.2. The highest BCUT2D eigenvalue weighted by molar-refractivity contribution is 5.97. The molecule has 1 aliphatic heterocycles. The molecule has 1 atom stereocenters. The van der Waals surface area contributed by atoms with Crippen molar-refractivity contribution in [3.63, 3.8) is 0 Å². The second-order valence-electron chi connectivity index (χ2n) is 6.02. The Kier molecular flexibility index (Phi) is 4.97. The predicted molar refractivity (Wildman–Crippen MR) is 91.5 cm³/mol. The van der Waals surface area contributed by atoms with E-state index in [-0.39, 0.29) is 24.1 Å². The SMILES string of the molecule is COc1ccc(NC(=O)[C@@H]2CC(=O)N(Cc3ccc(F)cc3)C2)cc1. The summed E-state index contributed by atoms with van der Waals surface area (Å²) in [6, 6.07) is 13.0. The molecule has 0 saturated carbocycles. The molecule has 1 saturated heterocycles. The lowest BCUT2D eigenvalue weighted by Gasteiger charge is -2.16. The summed E-state index contributed by atoms with van der Waals surface area (Å²) in [7, 11) is 1.58. The van der Waals surface area contributed by atoms with Crippen LogP contribution in [0.3, 0.4) is 0 Å². The maximum Gasteiger partial charge on any atom is 0.229 e. The van der Waals surface area contributed by atoms with Gasteiger partial charge in [0.1, 0.15) is 11.6 Å². The van der Waals surface area contributed by atoms with Crippen LogP contribution in [-0.4, -0.2) is 30.4 Å². The fourth-order valence-electron chi connectivity index (χ4n) is 2.83. The lowest BCUT2D eigenvalue weighted by atomic mass is 10.1. The first-order valence-corrected chi connectivity index (χ1v) is 8.02. The van der Waals surface area contributed by atoms with Gasteiger partial charge in [0.25, 0.3) is 0 Å². The van der Waals surface area contributed by atoms with Crippen molar-refractivity contribution in [1.29, 1.82) is 0 Å². The van der Waals surface area contributed by atoms with Crippen LogP contribution in [0.15, 0.2) is 48.5 Å². The molecule has 1 aliphatic rings.